The number of ether oxygens (including phenoxy) is 2. The summed E-state index contributed by atoms with van der Waals surface area (Å²) in [6, 6.07) is 14.7. The molecular weight excluding hydrogens is 484 g/mol. The molecule has 2 aromatic heterocycles. The lowest BCUT2D eigenvalue weighted by atomic mass is 10.0. The molecule has 1 aliphatic heterocycles. The maximum Gasteiger partial charge on any atom is 0.211 e. The second kappa shape index (κ2) is 10.8. The molecule has 10 heteroatoms. The molecule has 4 aromatic rings. The number of methoxy groups -OCH3 is 2. The Morgan fingerprint density at radius 1 is 0.974 bits per heavy atom. The number of fused-ring (bicyclic) bond motifs is 1. The van der Waals surface area contributed by atoms with Crippen LogP contribution in [0.5, 0.6) is 11.5 Å². The van der Waals surface area contributed by atoms with Crippen LogP contribution in [0.3, 0.4) is 0 Å². The van der Waals surface area contributed by atoms with Gasteiger partial charge in [-0.1, -0.05) is 0 Å². The molecule has 196 valence electrons. The molecule has 3 N–H and O–H groups in total. The van der Waals surface area contributed by atoms with Crippen LogP contribution in [0.4, 0.5) is 22.9 Å². The summed E-state index contributed by atoms with van der Waals surface area (Å²) in [4.78, 5) is 37.0. The molecule has 1 fully saturated rings. The largest absolute Gasteiger partial charge is 0.497 e. The zero-order valence-electron chi connectivity index (χ0n) is 21.6. The highest BCUT2D eigenvalue weighted by atomic mass is 16.5. The molecule has 0 saturated carbocycles. The molecule has 0 spiro atoms. The van der Waals surface area contributed by atoms with Gasteiger partial charge in [-0.05, 0) is 49.5 Å². The molecule has 10 nitrogen and oxygen atoms in total. The predicted octanol–water partition coefficient (Wildman–Crippen LogP) is 3.87. The third kappa shape index (κ3) is 5.12. The fourth-order valence-electron chi connectivity index (χ4n) is 4.58. The van der Waals surface area contributed by atoms with Crippen LogP contribution in [0.2, 0.25) is 0 Å². The molecular formula is C28H30N6O4. The van der Waals surface area contributed by atoms with E-state index in [0.29, 0.717) is 57.3 Å². The van der Waals surface area contributed by atoms with Crippen molar-refractivity contribution in [3.8, 4) is 11.5 Å². The zero-order chi connectivity index (χ0) is 26.6. The van der Waals surface area contributed by atoms with Crippen LogP contribution >= 0.6 is 0 Å². The number of carbonyl (C=O) groups excluding carboxylic acids is 2. The molecule has 0 bridgehead atoms. The summed E-state index contributed by atoms with van der Waals surface area (Å²) in [6.07, 6.45) is 2.32. The van der Waals surface area contributed by atoms with E-state index in [-0.39, 0.29) is 5.78 Å². The van der Waals surface area contributed by atoms with E-state index in [1.165, 1.54) is 0 Å². The smallest absolute Gasteiger partial charge is 0.211 e. The molecule has 2 aromatic carbocycles. The van der Waals surface area contributed by atoms with Crippen molar-refractivity contribution >= 4 is 46.1 Å². The Kier molecular flexibility index (Phi) is 7.14. The number of pyridine rings is 1. The van der Waals surface area contributed by atoms with Gasteiger partial charge < -0.3 is 34.9 Å². The fraction of sp³-hybridized carbons (Fsp3) is 0.250. The van der Waals surface area contributed by atoms with Gasteiger partial charge in [-0.2, -0.15) is 0 Å². The highest BCUT2D eigenvalue weighted by molar-refractivity contribution is 6.16. The van der Waals surface area contributed by atoms with E-state index in [2.05, 4.69) is 37.4 Å². The number of amides is 1. The van der Waals surface area contributed by atoms with Crippen LogP contribution in [0.25, 0.3) is 11.0 Å². The second-order valence-corrected chi connectivity index (χ2v) is 9.13. The Morgan fingerprint density at radius 2 is 1.71 bits per heavy atom. The SMILES string of the molecule is COc1cc(OC)cc(C(=O)c2c[nH]c3nc(Nc4ccc(N5CCN(C)CC5)cc4NC=O)ccc23)c1. The number of anilines is 4. The van der Waals surface area contributed by atoms with E-state index in [9.17, 15) is 9.59 Å². The van der Waals surface area contributed by atoms with Crippen molar-refractivity contribution in [2.75, 3.05) is 63.0 Å². The van der Waals surface area contributed by atoms with Crippen molar-refractivity contribution in [1.29, 1.82) is 0 Å². The second-order valence-electron chi connectivity index (χ2n) is 9.13. The number of likely N-dealkylation sites (N-methyl/N-ethyl adjacent to an activating group) is 1. The molecule has 1 aliphatic rings. The fourth-order valence-corrected chi connectivity index (χ4v) is 4.58. The first-order chi connectivity index (χ1) is 18.5. The van der Waals surface area contributed by atoms with Gasteiger partial charge in [-0.3, -0.25) is 9.59 Å². The number of piperazine rings is 1. The molecule has 3 heterocycles. The highest BCUT2D eigenvalue weighted by Crippen LogP contribution is 2.32. The number of hydrogen-bond acceptors (Lipinski definition) is 8. The molecule has 5 rings (SSSR count). The summed E-state index contributed by atoms with van der Waals surface area (Å²) < 4.78 is 10.6. The van der Waals surface area contributed by atoms with Crippen LogP contribution in [-0.4, -0.2) is 74.5 Å². The lowest BCUT2D eigenvalue weighted by Gasteiger charge is -2.34. The normalized spacial score (nSPS) is 13.8. The molecule has 1 amide bonds. The molecule has 1 saturated heterocycles. The third-order valence-electron chi connectivity index (χ3n) is 6.75. The van der Waals surface area contributed by atoms with Gasteiger partial charge in [0.2, 0.25) is 6.41 Å². The number of nitrogens with one attached hydrogen (secondary N) is 3. The number of rotatable bonds is 9. The maximum absolute atomic E-state index is 13.3. The highest BCUT2D eigenvalue weighted by Gasteiger charge is 2.19. The van der Waals surface area contributed by atoms with E-state index < -0.39 is 0 Å². The number of H-pyrrole nitrogens is 1. The van der Waals surface area contributed by atoms with Gasteiger partial charge in [0.05, 0.1) is 25.6 Å². The molecule has 0 radical (unpaired) electrons. The Hall–Kier alpha value is -4.57. The summed E-state index contributed by atoms with van der Waals surface area (Å²) in [5, 5.41) is 6.78. The van der Waals surface area contributed by atoms with E-state index in [0.717, 1.165) is 31.9 Å². The van der Waals surface area contributed by atoms with Crippen LogP contribution < -0.4 is 25.0 Å². The summed E-state index contributed by atoms with van der Waals surface area (Å²) >= 11 is 0. The standard InChI is InChI=1S/C28H30N6O4/c1-33-8-10-34(11-9-33)19-4-6-24(25(14-19)30-17-35)31-26-7-5-22-23(16-29-28(22)32-26)27(36)18-12-20(37-2)15-21(13-18)38-3/h4-7,12-17H,8-11H2,1-3H3,(H,30,35)(H2,29,31,32). The monoisotopic (exact) mass is 514 g/mol. The van der Waals surface area contributed by atoms with Gasteiger partial charge in [0.1, 0.15) is 23.0 Å². The van der Waals surface area contributed by atoms with Crippen molar-refractivity contribution in [1.82, 2.24) is 14.9 Å². The number of nitrogens with zero attached hydrogens (tertiary/aromatic N) is 3. The maximum atomic E-state index is 13.3. The minimum atomic E-state index is -0.173. The Labute approximate surface area is 220 Å². The summed E-state index contributed by atoms with van der Waals surface area (Å²) in [7, 11) is 5.21. The topological polar surface area (TPSA) is 112 Å². The summed E-state index contributed by atoms with van der Waals surface area (Å²) in [5.74, 6) is 1.47. The number of aromatic nitrogens is 2. The minimum absolute atomic E-state index is 0.173. The molecule has 0 atom stereocenters. The Balaban J connectivity index is 1.39. The predicted molar refractivity (Wildman–Crippen MR) is 148 cm³/mol. The van der Waals surface area contributed by atoms with Crippen LogP contribution in [0, 0.1) is 0 Å². The average molecular weight is 515 g/mol. The van der Waals surface area contributed by atoms with Gasteiger partial charge in [-0.25, -0.2) is 4.98 Å². The van der Waals surface area contributed by atoms with Crippen molar-refractivity contribution < 1.29 is 19.1 Å². The first-order valence-electron chi connectivity index (χ1n) is 12.3. The van der Waals surface area contributed by atoms with Gasteiger partial charge >= 0.3 is 0 Å². The number of ketones is 1. The number of carbonyl (C=O) groups is 2. The van der Waals surface area contributed by atoms with Crippen LogP contribution in [0.1, 0.15) is 15.9 Å². The lowest BCUT2D eigenvalue weighted by Crippen LogP contribution is -2.44. The Morgan fingerprint density at radius 3 is 2.39 bits per heavy atom. The molecule has 0 aliphatic carbocycles. The zero-order valence-corrected chi connectivity index (χ0v) is 21.6. The van der Waals surface area contributed by atoms with Crippen molar-refractivity contribution in [3.05, 3.63) is 65.9 Å². The number of benzene rings is 2. The van der Waals surface area contributed by atoms with E-state index in [1.807, 2.05) is 24.3 Å². The molecule has 0 unspecified atom stereocenters. The van der Waals surface area contributed by atoms with Gasteiger partial charge in [-0.15, -0.1) is 0 Å². The van der Waals surface area contributed by atoms with Crippen molar-refractivity contribution in [2.45, 2.75) is 0 Å². The minimum Gasteiger partial charge on any atom is -0.497 e. The van der Waals surface area contributed by atoms with E-state index in [1.54, 1.807) is 44.7 Å². The third-order valence-corrected chi connectivity index (χ3v) is 6.75. The molecule has 38 heavy (non-hydrogen) atoms. The first kappa shape index (κ1) is 25.1. The van der Waals surface area contributed by atoms with Crippen LogP contribution in [-0.2, 0) is 4.79 Å². The first-order valence-corrected chi connectivity index (χ1v) is 12.3. The van der Waals surface area contributed by atoms with Crippen LogP contribution in [0.15, 0.2) is 54.7 Å². The van der Waals surface area contributed by atoms with E-state index in [4.69, 9.17) is 9.47 Å². The van der Waals surface area contributed by atoms with E-state index >= 15 is 0 Å². The quantitative estimate of drug-likeness (QED) is 0.228. The van der Waals surface area contributed by atoms with Gasteiger partial charge in [0, 0.05) is 60.6 Å². The number of aromatic amines is 1. The summed E-state index contributed by atoms with van der Waals surface area (Å²) in [6.45, 7) is 3.84. The van der Waals surface area contributed by atoms with Crippen molar-refractivity contribution in [2.24, 2.45) is 0 Å². The Bertz CT molecular complexity index is 1450. The van der Waals surface area contributed by atoms with Gasteiger partial charge in [0.15, 0.2) is 5.78 Å². The lowest BCUT2D eigenvalue weighted by molar-refractivity contribution is -0.105. The average Bonchev–Trinajstić information content (AvgIpc) is 3.37. The summed E-state index contributed by atoms with van der Waals surface area (Å²) in [5.41, 5.74) is 3.94. The number of hydrogen-bond donors (Lipinski definition) is 3. The van der Waals surface area contributed by atoms with Crippen molar-refractivity contribution in [3.63, 3.8) is 0 Å². The van der Waals surface area contributed by atoms with Gasteiger partial charge in [0.25, 0.3) is 0 Å².